The lowest BCUT2D eigenvalue weighted by Crippen LogP contribution is -1.96. The number of unbranched alkanes of at least 4 members (excludes halogenated alkanes) is 9. The van der Waals surface area contributed by atoms with E-state index in [1.807, 2.05) is 0 Å². The van der Waals surface area contributed by atoms with Crippen LogP contribution in [-0.4, -0.2) is 17.7 Å². The van der Waals surface area contributed by atoms with E-state index in [9.17, 15) is 4.79 Å². The van der Waals surface area contributed by atoms with E-state index in [1.54, 1.807) is 11.4 Å². The van der Waals surface area contributed by atoms with Crippen LogP contribution in [0.5, 0.6) is 5.75 Å². The molecule has 1 rings (SSSR count). The Morgan fingerprint density at radius 3 is 2.14 bits per heavy atom. The third-order valence-corrected chi connectivity index (χ3v) is 4.45. The lowest BCUT2D eigenvalue weighted by atomic mass is 10.1. The topological polar surface area (TPSA) is 46.5 Å². The molecule has 0 atom stereocenters. The Morgan fingerprint density at radius 2 is 1.62 bits per heavy atom. The molecule has 3 nitrogen and oxygen atoms in total. The smallest absolute Gasteiger partial charge is 0.346 e. The van der Waals surface area contributed by atoms with Crippen molar-refractivity contribution in [2.75, 3.05) is 6.61 Å². The van der Waals surface area contributed by atoms with Gasteiger partial charge in [0.2, 0.25) is 0 Å². The van der Waals surface area contributed by atoms with E-state index in [2.05, 4.69) is 6.92 Å². The van der Waals surface area contributed by atoms with Crippen LogP contribution in [0.4, 0.5) is 0 Å². The molecule has 1 heterocycles. The SMILES string of the molecule is CCCCCCCCCCCCOc1csc(C(=O)O)c1. The molecular weight excluding hydrogens is 284 g/mol. The first-order valence-corrected chi connectivity index (χ1v) is 9.06. The van der Waals surface area contributed by atoms with Gasteiger partial charge in [-0.2, -0.15) is 0 Å². The highest BCUT2D eigenvalue weighted by Crippen LogP contribution is 2.21. The van der Waals surface area contributed by atoms with E-state index in [4.69, 9.17) is 9.84 Å². The molecule has 0 fully saturated rings. The molecule has 1 N–H and O–H groups in total. The maximum absolute atomic E-state index is 10.7. The van der Waals surface area contributed by atoms with Crippen LogP contribution < -0.4 is 4.74 Å². The summed E-state index contributed by atoms with van der Waals surface area (Å²) in [6.07, 6.45) is 13.1. The van der Waals surface area contributed by atoms with Crippen molar-refractivity contribution < 1.29 is 14.6 Å². The maximum Gasteiger partial charge on any atom is 0.346 e. The van der Waals surface area contributed by atoms with Crippen LogP contribution in [0.15, 0.2) is 11.4 Å². The van der Waals surface area contributed by atoms with Crippen LogP contribution in [0.1, 0.15) is 80.8 Å². The van der Waals surface area contributed by atoms with Gasteiger partial charge in [0, 0.05) is 11.4 Å². The molecule has 0 saturated carbocycles. The van der Waals surface area contributed by atoms with Gasteiger partial charge in [-0.1, -0.05) is 64.7 Å². The summed E-state index contributed by atoms with van der Waals surface area (Å²) in [5.74, 6) is -0.192. The Morgan fingerprint density at radius 1 is 1.05 bits per heavy atom. The monoisotopic (exact) mass is 312 g/mol. The third kappa shape index (κ3) is 8.76. The molecule has 1 aromatic heterocycles. The van der Waals surface area contributed by atoms with Crippen LogP contribution in [0.25, 0.3) is 0 Å². The van der Waals surface area contributed by atoms with Gasteiger partial charge in [-0.15, -0.1) is 11.3 Å². The van der Waals surface area contributed by atoms with E-state index < -0.39 is 5.97 Å². The number of rotatable bonds is 13. The van der Waals surface area contributed by atoms with Gasteiger partial charge in [0.05, 0.1) is 6.61 Å². The summed E-state index contributed by atoms with van der Waals surface area (Å²) in [4.78, 5) is 11.1. The van der Waals surface area contributed by atoms with Crippen molar-refractivity contribution in [1.29, 1.82) is 0 Å². The number of hydrogen-bond donors (Lipinski definition) is 1. The van der Waals surface area contributed by atoms with Gasteiger partial charge in [-0.25, -0.2) is 4.79 Å². The Kier molecular flexibility index (Phi) is 9.96. The summed E-state index contributed by atoms with van der Waals surface area (Å²) >= 11 is 1.22. The Bertz CT molecular complexity index is 387. The van der Waals surface area contributed by atoms with Gasteiger partial charge in [0.1, 0.15) is 10.6 Å². The minimum atomic E-state index is -0.881. The van der Waals surface area contributed by atoms with Crippen molar-refractivity contribution in [1.82, 2.24) is 0 Å². The molecule has 120 valence electrons. The van der Waals surface area contributed by atoms with E-state index >= 15 is 0 Å². The third-order valence-electron chi connectivity index (χ3n) is 3.55. The highest BCUT2D eigenvalue weighted by Gasteiger charge is 2.06. The van der Waals surface area contributed by atoms with Crippen LogP contribution in [0.3, 0.4) is 0 Å². The zero-order valence-electron chi connectivity index (χ0n) is 13.1. The van der Waals surface area contributed by atoms with Crippen molar-refractivity contribution in [3.05, 3.63) is 16.3 Å². The fourth-order valence-electron chi connectivity index (χ4n) is 2.29. The highest BCUT2D eigenvalue weighted by atomic mass is 32.1. The van der Waals surface area contributed by atoms with Gasteiger partial charge in [0.15, 0.2) is 0 Å². The second-order valence-corrected chi connectivity index (χ2v) is 6.39. The number of aromatic carboxylic acids is 1. The number of thiophene rings is 1. The molecule has 4 heteroatoms. The van der Waals surface area contributed by atoms with Gasteiger partial charge in [-0.05, 0) is 6.42 Å². The van der Waals surface area contributed by atoms with Crippen molar-refractivity contribution in [2.45, 2.75) is 71.1 Å². The van der Waals surface area contributed by atoms with Crippen molar-refractivity contribution >= 4 is 17.3 Å². The summed E-state index contributed by atoms with van der Waals surface area (Å²) < 4.78 is 5.56. The van der Waals surface area contributed by atoms with Gasteiger partial charge in [-0.3, -0.25) is 0 Å². The second kappa shape index (κ2) is 11.6. The molecular formula is C17H28O3S. The van der Waals surface area contributed by atoms with Gasteiger partial charge < -0.3 is 9.84 Å². The fraction of sp³-hybridized carbons (Fsp3) is 0.706. The molecule has 0 bridgehead atoms. The average Bonchev–Trinajstić information content (AvgIpc) is 2.94. The summed E-state index contributed by atoms with van der Waals surface area (Å²) in [6.45, 7) is 2.94. The lowest BCUT2D eigenvalue weighted by Gasteiger charge is -2.04. The number of hydrogen-bond acceptors (Lipinski definition) is 3. The minimum Gasteiger partial charge on any atom is -0.493 e. The summed E-state index contributed by atoms with van der Waals surface area (Å²) in [5.41, 5.74) is 0. The molecule has 1 aromatic rings. The van der Waals surface area contributed by atoms with Crippen molar-refractivity contribution in [3.63, 3.8) is 0 Å². The molecule has 0 saturated heterocycles. The minimum absolute atomic E-state index is 0.341. The first kappa shape index (κ1) is 18.0. The number of carbonyl (C=O) groups is 1. The Hall–Kier alpha value is -1.03. The quantitative estimate of drug-likeness (QED) is 0.472. The lowest BCUT2D eigenvalue weighted by molar-refractivity contribution is 0.0702. The number of carboxylic acid groups (broad SMARTS) is 1. The molecule has 0 unspecified atom stereocenters. The number of ether oxygens (including phenoxy) is 1. The summed E-state index contributed by atoms with van der Waals surface area (Å²) in [5, 5.41) is 10.6. The predicted octanol–water partition coefficient (Wildman–Crippen LogP) is 5.75. The second-order valence-electron chi connectivity index (χ2n) is 5.48. The van der Waals surface area contributed by atoms with Crippen LogP contribution in [-0.2, 0) is 0 Å². The molecule has 0 aliphatic rings. The normalized spacial score (nSPS) is 10.7. The first-order valence-electron chi connectivity index (χ1n) is 8.18. The molecule has 21 heavy (non-hydrogen) atoms. The molecule has 0 aliphatic carbocycles. The van der Waals surface area contributed by atoms with Crippen LogP contribution in [0, 0.1) is 0 Å². The average molecular weight is 312 g/mol. The standard InChI is InChI=1S/C17H28O3S/c1-2-3-4-5-6-7-8-9-10-11-12-20-15-13-16(17(18)19)21-14-15/h13-14H,2-12H2,1H3,(H,18,19). The molecule has 0 spiro atoms. The van der Waals surface area contributed by atoms with Crippen LogP contribution >= 0.6 is 11.3 Å². The maximum atomic E-state index is 10.7. The molecule has 0 amide bonds. The predicted molar refractivity (Wildman–Crippen MR) is 88.6 cm³/mol. The van der Waals surface area contributed by atoms with Gasteiger partial charge >= 0.3 is 5.97 Å². The molecule has 0 aliphatic heterocycles. The Balaban J connectivity index is 1.89. The first-order chi connectivity index (χ1) is 10.2. The number of carboxylic acids is 1. The largest absolute Gasteiger partial charge is 0.493 e. The summed E-state index contributed by atoms with van der Waals surface area (Å²) in [6, 6.07) is 1.60. The fourth-order valence-corrected chi connectivity index (χ4v) is 2.95. The van der Waals surface area contributed by atoms with E-state index in [0.717, 1.165) is 6.42 Å². The summed E-state index contributed by atoms with van der Waals surface area (Å²) in [7, 11) is 0. The van der Waals surface area contributed by atoms with E-state index in [-0.39, 0.29) is 0 Å². The molecule has 0 aromatic carbocycles. The highest BCUT2D eigenvalue weighted by molar-refractivity contribution is 7.12. The zero-order valence-corrected chi connectivity index (χ0v) is 13.9. The van der Waals surface area contributed by atoms with E-state index in [0.29, 0.717) is 17.2 Å². The Labute approximate surface area is 132 Å². The molecule has 0 radical (unpaired) electrons. The van der Waals surface area contributed by atoms with Crippen LogP contribution in [0.2, 0.25) is 0 Å². The van der Waals surface area contributed by atoms with Gasteiger partial charge in [0.25, 0.3) is 0 Å². The van der Waals surface area contributed by atoms with E-state index in [1.165, 1.54) is 69.1 Å². The van der Waals surface area contributed by atoms with Crippen molar-refractivity contribution in [2.24, 2.45) is 0 Å². The van der Waals surface area contributed by atoms with Crippen molar-refractivity contribution in [3.8, 4) is 5.75 Å². The zero-order chi connectivity index (χ0) is 15.3.